The number of nitrogens with zero attached hydrogens (tertiary/aromatic N) is 5. The molecule has 0 unspecified atom stereocenters. The third-order valence-corrected chi connectivity index (χ3v) is 6.52. The third-order valence-electron chi connectivity index (χ3n) is 6.52. The first-order valence-electron chi connectivity index (χ1n) is 13.2. The van der Waals surface area contributed by atoms with Crippen molar-refractivity contribution in [3.63, 3.8) is 0 Å². The Morgan fingerprint density at radius 1 is 1.15 bits per heavy atom. The Bertz CT molecular complexity index is 1570. The van der Waals surface area contributed by atoms with Gasteiger partial charge in [0.05, 0.1) is 11.6 Å². The van der Waals surface area contributed by atoms with Gasteiger partial charge in [0.2, 0.25) is 5.91 Å². The normalized spacial score (nSPS) is 12.4. The molecule has 0 radical (unpaired) electrons. The van der Waals surface area contributed by atoms with Gasteiger partial charge in [-0.3, -0.25) is 19.0 Å². The van der Waals surface area contributed by atoms with Crippen LogP contribution in [0.15, 0.2) is 61.2 Å². The van der Waals surface area contributed by atoms with Crippen LogP contribution in [0, 0.1) is 6.92 Å². The fourth-order valence-corrected chi connectivity index (χ4v) is 4.59. The van der Waals surface area contributed by atoms with Crippen LogP contribution in [-0.4, -0.2) is 56.7 Å². The Morgan fingerprint density at radius 2 is 1.93 bits per heavy atom. The Kier molecular flexibility index (Phi) is 8.59. The van der Waals surface area contributed by atoms with E-state index in [2.05, 4.69) is 34.4 Å². The van der Waals surface area contributed by atoms with E-state index in [4.69, 9.17) is 10.7 Å². The molecular weight excluding hydrogens is 504 g/mol. The largest absolute Gasteiger partial charge is 0.382 e. The van der Waals surface area contributed by atoms with Crippen LogP contribution in [0.1, 0.15) is 60.0 Å². The lowest BCUT2D eigenvalue weighted by Gasteiger charge is -2.12. The maximum Gasteiger partial charge on any atom is 0.257 e. The Morgan fingerprint density at radius 3 is 2.62 bits per heavy atom. The first-order valence-corrected chi connectivity index (χ1v) is 13.2. The average Bonchev–Trinajstić information content (AvgIpc) is 3.29. The maximum absolute atomic E-state index is 13.2. The van der Waals surface area contributed by atoms with Gasteiger partial charge >= 0.3 is 0 Å². The second-order valence-corrected chi connectivity index (χ2v) is 10.4. The second kappa shape index (κ2) is 12.1. The lowest BCUT2D eigenvalue weighted by atomic mass is 9.97. The number of amides is 2. The lowest BCUT2D eigenvalue weighted by Crippen LogP contribution is -2.26. The molecule has 1 aromatic carbocycles. The van der Waals surface area contributed by atoms with E-state index >= 15 is 0 Å². The summed E-state index contributed by atoms with van der Waals surface area (Å²) in [6.07, 6.45) is 9.77. The third kappa shape index (κ3) is 6.35. The maximum atomic E-state index is 13.2. The zero-order valence-electron chi connectivity index (χ0n) is 23.8. The van der Waals surface area contributed by atoms with Crippen molar-refractivity contribution >= 4 is 28.8 Å². The lowest BCUT2D eigenvalue weighted by molar-refractivity contribution is -0.117. The molecule has 1 atom stereocenters. The highest BCUT2D eigenvalue weighted by Crippen LogP contribution is 2.30. The molecular formula is C30H36N8O2. The molecule has 3 aromatic heterocycles. The molecule has 10 nitrogen and oxygen atoms in total. The van der Waals surface area contributed by atoms with Crippen molar-refractivity contribution in [2.45, 2.75) is 39.7 Å². The summed E-state index contributed by atoms with van der Waals surface area (Å²) in [6, 6.07) is 7.21. The minimum absolute atomic E-state index is 0.230. The quantitative estimate of drug-likeness (QED) is 0.269. The van der Waals surface area contributed by atoms with E-state index in [9.17, 15) is 9.59 Å². The number of rotatable bonds is 9. The number of likely N-dealkylation sites (N-methyl/N-ethyl adjacent to an activating group) is 1. The average molecular weight is 541 g/mol. The van der Waals surface area contributed by atoms with Crippen molar-refractivity contribution < 1.29 is 9.59 Å². The number of hydrogen-bond donors (Lipinski definition) is 3. The summed E-state index contributed by atoms with van der Waals surface area (Å²) in [6.45, 7) is 8.82. The number of hydrogen-bond acceptors (Lipinski definition) is 7. The number of carbonyl (C=O) groups is 2. The number of pyridine rings is 1. The van der Waals surface area contributed by atoms with E-state index in [0.717, 1.165) is 5.56 Å². The molecule has 4 aromatic rings. The van der Waals surface area contributed by atoms with Crippen LogP contribution < -0.4 is 16.4 Å². The van der Waals surface area contributed by atoms with Gasteiger partial charge in [0.25, 0.3) is 5.91 Å². The minimum atomic E-state index is -0.434. The van der Waals surface area contributed by atoms with Crippen LogP contribution in [-0.2, 0) is 4.79 Å². The number of fused-ring (bicyclic) bond motifs is 1. The number of nitrogens with two attached hydrogens (primary N) is 1. The highest BCUT2D eigenvalue weighted by atomic mass is 16.2. The van der Waals surface area contributed by atoms with E-state index in [-0.39, 0.29) is 17.6 Å². The molecule has 208 valence electrons. The summed E-state index contributed by atoms with van der Waals surface area (Å²) < 4.78 is 1.80. The van der Waals surface area contributed by atoms with E-state index in [1.807, 2.05) is 51.0 Å². The van der Waals surface area contributed by atoms with Crippen LogP contribution in [0.25, 0.3) is 16.8 Å². The van der Waals surface area contributed by atoms with E-state index in [1.54, 1.807) is 35.1 Å². The van der Waals surface area contributed by atoms with Gasteiger partial charge in [-0.1, -0.05) is 26.0 Å². The summed E-state index contributed by atoms with van der Waals surface area (Å²) in [5, 5.41) is 5.91. The molecule has 4 rings (SSSR count). The monoisotopic (exact) mass is 540 g/mol. The molecule has 0 bridgehead atoms. The Hall–Kier alpha value is -4.57. The summed E-state index contributed by atoms with van der Waals surface area (Å²) >= 11 is 0. The highest BCUT2D eigenvalue weighted by Gasteiger charge is 2.21. The van der Waals surface area contributed by atoms with Crippen molar-refractivity contribution in [3.8, 4) is 11.3 Å². The van der Waals surface area contributed by atoms with Gasteiger partial charge in [-0.05, 0) is 63.2 Å². The Balaban J connectivity index is 1.63. The van der Waals surface area contributed by atoms with Crippen LogP contribution in [0.3, 0.4) is 0 Å². The second-order valence-electron chi connectivity index (χ2n) is 10.4. The number of aromatic nitrogens is 4. The molecule has 0 aliphatic carbocycles. The van der Waals surface area contributed by atoms with Gasteiger partial charge in [-0.25, -0.2) is 9.97 Å². The fraction of sp³-hybridized carbons (Fsp3) is 0.300. The standard InChI is InChI=1S/C30H36N8O2/c1-18(2)24-10-9-23(14-19(24)3)35-30(40)22-15-21(16-32-17-22)26-27-28(31)33-11-13-38(27)29(36-26)20(4)34-25(39)8-7-12-37(5)6/h7-11,13-18,20H,12H2,1-6H3,(H2,31,33)(H,34,39)(H,35,40)/b8-7+/t20-/m0/s1. The molecule has 0 fully saturated rings. The number of benzene rings is 1. The fourth-order valence-electron chi connectivity index (χ4n) is 4.59. The predicted octanol–water partition coefficient (Wildman–Crippen LogP) is 4.35. The first-order chi connectivity index (χ1) is 19.0. The molecule has 0 aliphatic heterocycles. The van der Waals surface area contributed by atoms with Gasteiger partial charge in [0.15, 0.2) is 0 Å². The van der Waals surface area contributed by atoms with Gasteiger partial charge in [-0.15, -0.1) is 0 Å². The Labute approximate surface area is 234 Å². The molecule has 3 heterocycles. The minimum Gasteiger partial charge on any atom is -0.382 e. The molecule has 0 saturated heterocycles. The summed E-state index contributed by atoms with van der Waals surface area (Å²) in [7, 11) is 3.86. The molecule has 40 heavy (non-hydrogen) atoms. The number of carbonyl (C=O) groups excluding carboxylic acids is 2. The summed E-state index contributed by atoms with van der Waals surface area (Å²) in [5.74, 6) is 0.732. The van der Waals surface area contributed by atoms with Crippen molar-refractivity contribution in [2.75, 3.05) is 31.7 Å². The van der Waals surface area contributed by atoms with Crippen LogP contribution in [0.5, 0.6) is 0 Å². The zero-order valence-corrected chi connectivity index (χ0v) is 23.8. The van der Waals surface area contributed by atoms with Crippen molar-refractivity contribution in [1.29, 1.82) is 0 Å². The highest BCUT2D eigenvalue weighted by molar-refractivity contribution is 6.05. The van der Waals surface area contributed by atoms with Crippen LogP contribution in [0.2, 0.25) is 0 Å². The smallest absolute Gasteiger partial charge is 0.257 e. The number of nitrogens with one attached hydrogen (secondary N) is 2. The van der Waals surface area contributed by atoms with Crippen molar-refractivity contribution in [3.05, 3.63) is 83.7 Å². The molecule has 2 amide bonds. The number of aryl methyl sites for hydroxylation is 1. The van der Waals surface area contributed by atoms with E-state index in [0.29, 0.717) is 46.3 Å². The van der Waals surface area contributed by atoms with E-state index in [1.165, 1.54) is 17.8 Å². The summed E-state index contributed by atoms with van der Waals surface area (Å²) in [4.78, 5) is 41.0. The number of nitrogen functional groups attached to an aromatic ring is 1. The zero-order chi connectivity index (χ0) is 29.0. The van der Waals surface area contributed by atoms with Gasteiger partial charge in [0, 0.05) is 48.7 Å². The number of imidazole rings is 1. The molecule has 10 heteroatoms. The summed E-state index contributed by atoms with van der Waals surface area (Å²) in [5.41, 5.74) is 11.4. The van der Waals surface area contributed by atoms with Gasteiger partial charge < -0.3 is 21.3 Å². The van der Waals surface area contributed by atoms with E-state index < -0.39 is 6.04 Å². The van der Waals surface area contributed by atoms with Crippen molar-refractivity contribution in [2.24, 2.45) is 0 Å². The molecule has 0 saturated carbocycles. The first kappa shape index (κ1) is 28.4. The molecule has 0 spiro atoms. The van der Waals surface area contributed by atoms with Gasteiger partial charge in [0.1, 0.15) is 22.9 Å². The number of anilines is 2. The topological polar surface area (TPSA) is 131 Å². The predicted molar refractivity (Wildman–Crippen MR) is 158 cm³/mol. The molecule has 4 N–H and O–H groups in total. The van der Waals surface area contributed by atoms with Gasteiger partial charge in [-0.2, -0.15) is 0 Å². The van der Waals surface area contributed by atoms with Crippen LogP contribution in [0.4, 0.5) is 11.5 Å². The van der Waals surface area contributed by atoms with Crippen molar-refractivity contribution in [1.82, 2.24) is 29.6 Å². The van der Waals surface area contributed by atoms with Crippen LogP contribution >= 0.6 is 0 Å². The SMILES string of the molecule is Cc1cc(NC(=O)c2cncc(-c3nc([C@H](C)NC(=O)/C=C/CN(C)C)n4ccnc(N)c34)c2)ccc1C(C)C. The molecule has 0 aliphatic rings.